The molecule has 2 N–H and O–H groups in total. The molecule has 0 aliphatic heterocycles. The highest BCUT2D eigenvalue weighted by atomic mass is 19.4. The highest BCUT2D eigenvalue weighted by molar-refractivity contribution is 6.12. The number of carbonyl (C=O) groups excluding carboxylic acids is 1. The molecular weight excluding hydrogens is 293 g/mol. The van der Waals surface area contributed by atoms with Crippen LogP contribution in [0.15, 0.2) is 54.7 Å². The minimum absolute atomic E-state index is 0.257. The van der Waals surface area contributed by atoms with E-state index >= 15 is 0 Å². The van der Waals surface area contributed by atoms with Crippen molar-refractivity contribution in [2.24, 2.45) is 0 Å². The Morgan fingerprint density at radius 3 is 2.55 bits per heavy atom. The molecule has 0 fully saturated rings. The Labute approximate surface area is 123 Å². The van der Waals surface area contributed by atoms with Gasteiger partial charge in [-0.25, -0.2) is 0 Å². The molecule has 0 radical (unpaired) electrons. The van der Waals surface area contributed by atoms with Gasteiger partial charge >= 0.3 is 6.18 Å². The van der Waals surface area contributed by atoms with Gasteiger partial charge in [0.25, 0.3) is 5.91 Å². The number of halogens is 3. The SMILES string of the molecule is O=C(Nc1ccccc1C(F)(F)F)c1cccc2[nH]ccc12. The minimum Gasteiger partial charge on any atom is -0.361 e. The van der Waals surface area contributed by atoms with Crippen molar-refractivity contribution in [1.29, 1.82) is 0 Å². The molecule has 6 heteroatoms. The molecule has 2 aromatic carbocycles. The van der Waals surface area contributed by atoms with Gasteiger partial charge in [-0.2, -0.15) is 13.2 Å². The third-order valence-electron chi connectivity index (χ3n) is 3.32. The maximum atomic E-state index is 12.9. The number of para-hydroxylation sites is 1. The standard InChI is InChI=1S/C16H11F3N2O/c17-16(18,19)12-5-1-2-6-14(12)21-15(22)11-4-3-7-13-10(11)8-9-20-13/h1-9,20H,(H,21,22). The van der Waals surface area contributed by atoms with Crippen LogP contribution in [0, 0.1) is 0 Å². The normalized spacial score (nSPS) is 11.6. The van der Waals surface area contributed by atoms with Crippen LogP contribution in [0.5, 0.6) is 0 Å². The summed E-state index contributed by atoms with van der Waals surface area (Å²) >= 11 is 0. The predicted molar refractivity (Wildman–Crippen MR) is 77.7 cm³/mol. The number of anilines is 1. The molecule has 0 spiro atoms. The van der Waals surface area contributed by atoms with Gasteiger partial charge in [0.1, 0.15) is 0 Å². The first-order chi connectivity index (χ1) is 10.5. The van der Waals surface area contributed by atoms with Gasteiger partial charge < -0.3 is 10.3 Å². The lowest BCUT2D eigenvalue weighted by atomic mass is 10.1. The van der Waals surface area contributed by atoms with E-state index in [0.717, 1.165) is 11.6 Å². The quantitative estimate of drug-likeness (QED) is 0.722. The number of alkyl halides is 3. The lowest BCUT2D eigenvalue weighted by molar-refractivity contribution is -0.136. The van der Waals surface area contributed by atoms with E-state index < -0.39 is 17.6 Å². The van der Waals surface area contributed by atoms with E-state index in [1.807, 2.05) is 0 Å². The number of carbonyl (C=O) groups is 1. The van der Waals surface area contributed by atoms with Crippen molar-refractivity contribution in [3.8, 4) is 0 Å². The van der Waals surface area contributed by atoms with Crippen LogP contribution in [0.1, 0.15) is 15.9 Å². The molecule has 3 rings (SSSR count). The number of hydrogen-bond donors (Lipinski definition) is 2. The van der Waals surface area contributed by atoms with E-state index in [2.05, 4.69) is 10.3 Å². The van der Waals surface area contributed by atoms with Crippen molar-refractivity contribution in [2.45, 2.75) is 6.18 Å². The van der Waals surface area contributed by atoms with Crippen LogP contribution in [0.3, 0.4) is 0 Å². The number of fused-ring (bicyclic) bond motifs is 1. The number of hydrogen-bond acceptors (Lipinski definition) is 1. The van der Waals surface area contributed by atoms with E-state index in [-0.39, 0.29) is 5.69 Å². The van der Waals surface area contributed by atoms with E-state index in [1.165, 1.54) is 18.2 Å². The number of amides is 1. The average Bonchev–Trinajstić information content (AvgIpc) is 2.94. The fourth-order valence-electron chi connectivity index (χ4n) is 2.31. The fourth-order valence-corrected chi connectivity index (χ4v) is 2.31. The molecule has 0 aliphatic rings. The first kappa shape index (κ1) is 14.2. The Kier molecular flexibility index (Phi) is 3.36. The zero-order chi connectivity index (χ0) is 15.7. The maximum absolute atomic E-state index is 12.9. The Balaban J connectivity index is 1.97. The van der Waals surface area contributed by atoms with Gasteiger partial charge in [0, 0.05) is 22.7 Å². The fraction of sp³-hybridized carbons (Fsp3) is 0.0625. The predicted octanol–water partition coefficient (Wildman–Crippen LogP) is 4.44. The number of aromatic nitrogens is 1. The molecule has 3 aromatic rings. The maximum Gasteiger partial charge on any atom is 0.418 e. The molecule has 1 amide bonds. The van der Waals surface area contributed by atoms with Gasteiger partial charge in [0.05, 0.1) is 11.3 Å². The topological polar surface area (TPSA) is 44.9 Å². The number of H-pyrrole nitrogens is 1. The molecule has 0 saturated carbocycles. The molecular formula is C16H11F3N2O. The van der Waals surface area contributed by atoms with E-state index in [9.17, 15) is 18.0 Å². The van der Waals surface area contributed by atoms with E-state index in [4.69, 9.17) is 0 Å². The third kappa shape index (κ3) is 2.55. The molecule has 22 heavy (non-hydrogen) atoms. The first-order valence-electron chi connectivity index (χ1n) is 6.50. The summed E-state index contributed by atoms with van der Waals surface area (Å²) in [5, 5.41) is 3.00. The van der Waals surface area contributed by atoms with Crippen LogP contribution in [0.2, 0.25) is 0 Å². The average molecular weight is 304 g/mol. The smallest absolute Gasteiger partial charge is 0.361 e. The van der Waals surface area contributed by atoms with Gasteiger partial charge in [0.15, 0.2) is 0 Å². The van der Waals surface area contributed by atoms with Crippen LogP contribution in [-0.4, -0.2) is 10.9 Å². The van der Waals surface area contributed by atoms with Crippen molar-refractivity contribution in [1.82, 2.24) is 4.98 Å². The zero-order valence-electron chi connectivity index (χ0n) is 11.2. The van der Waals surface area contributed by atoms with Crippen LogP contribution in [0.4, 0.5) is 18.9 Å². The Bertz CT molecular complexity index is 837. The number of aromatic amines is 1. The van der Waals surface area contributed by atoms with Crippen molar-refractivity contribution in [2.75, 3.05) is 5.32 Å². The molecule has 1 heterocycles. The molecule has 0 saturated heterocycles. The lowest BCUT2D eigenvalue weighted by Crippen LogP contribution is -2.16. The summed E-state index contributed by atoms with van der Waals surface area (Å²) in [6.07, 6.45) is -2.85. The molecule has 3 nitrogen and oxygen atoms in total. The van der Waals surface area contributed by atoms with Gasteiger partial charge in [-0.3, -0.25) is 4.79 Å². The largest absolute Gasteiger partial charge is 0.418 e. The van der Waals surface area contributed by atoms with Crippen molar-refractivity contribution in [3.63, 3.8) is 0 Å². The number of benzene rings is 2. The molecule has 0 bridgehead atoms. The van der Waals surface area contributed by atoms with Gasteiger partial charge in [-0.15, -0.1) is 0 Å². The van der Waals surface area contributed by atoms with E-state index in [1.54, 1.807) is 30.5 Å². The Morgan fingerprint density at radius 2 is 1.77 bits per heavy atom. The van der Waals surface area contributed by atoms with Gasteiger partial charge in [0.2, 0.25) is 0 Å². The Hall–Kier alpha value is -2.76. The van der Waals surface area contributed by atoms with Gasteiger partial charge in [-0.05, 0) is 30.3 Å². The second-order valence-corrected chi connectivity index (χ2v) is 4.74. The van der Waals surface area contributed by atoms with Gasteiger partial charge in [-0.1, -0.05) is 18.2 Å². The van der Waals surface area contributed by atoms with Crippen LogP contribution >= 0.6 is 0 Å². The molecule has 0 aliphatic carbocycles. The molecule has 0 atom stereocenters. The third-order valence-corrected chi connectivity index (χ3v) is 3.32. The highest BCUT2D eigenvalue weighted by Crippen LogP contribution is 2.34. The monoisotopic (exact) mass is 304 g/mol. The zero-order valence-corrected chi connectivity index (χ0v) is 11.2. The van der Waals surface area contributed by atoms with Crippen LogP contribution in [-0.2, 0) is 6.18 Å². The van der Waals surface area contributed by atoms with Crippen LogP contribution in [0.25, 0.3) is 10.9 Å². The van der Waals surface area contributed by atoms with E-state index in [0.29, 0.717) is 10.9 Å². The first-order valence-corrected chi connectivity index (χ1v) is 6.50. The number of rotatable bonds is 2. The number of nitrogens with one attached hydrogen (secondary N) is 2. The lowest BCUT2D eigenvalue weighted by Gasteiger charge is -2.13. The van der Waals surface area contributed by atoms with Crippen molar-refractivity contribution in [3.05, 3.63) is 65.9 Å². The second-order valence-electron chi connectivity index (χ2n) is 4.74. The highest BCUT2D eigenvalue weighted by Gasteiger charge is 2.33. The summed E-state index contributed by atoms with van der Waals surface area (Å²) in [5.74, 6) is -0.582. The summed E-state index contributed by atoms with van der Waals surface area (Å²) in [6.45, 7) is 0. The van der Waals surface area contributed by atoms with Crippen molar-refractivity contribution < 1.29 is 18.0 Å². The molecule has 1 aromatic heterocycles. The molecule has 112 valence electrons. The van der Waals surface area contributed by atoms with Crippen LogP contribution < -0.4 is 5.32 Å². The summed E-state index contributed by atoms with van der Waals surface area (Å²) in [4.78, 5) is 15.3. The molecule has 0 unspecified atom stereocenters. The summed E-state index contributed by atoms with van der Waals surface area (Å²) in [5.41, 5.74) is -0.0652. The summed E-state index contributed by atoms with van der Waals surface area (Å²) < 4.78 is 38.8. The summed E-state index contributed by atoms with van der Waals surface area (Å²) in [6, 6.07) is 11.6. The minimum atomic E-state index is -4.52. The van der Waals surface area contributed by atoms with Crippen molar-refractivity contribution >= 4 is 22.5 Å². The second kappa shape index (κ2) is 5.22. The summed E-state index contributed by atoms with van der Waals surface area (Å²) in [7, 11) is 0. The Morgan fingerprint density at radius 1 is 1.00 bits per heavy atom.